The lowest BCUT2D eigenvalue weighted by molar-refractivity contribution is 0.00317. The predicted octanol–water partition coefficient (Wildman–Crippen LogP) is 2.81. The Morgan fingerprint density at radius 2 is 1.39 bits per heavy atom. The molecule has 0 unspecified atom stereocenters. The highest BCUT2D eigenvalue weighted by Gasteiger charge is 2.08. The minimum atomic E-state index is -0.146. The van der Waals surface area contributed by atoms with E-state index in [1.165, 1.54) is 5.56 Å². The minimum absolute atomic E-state index is 0.0434. The molecule has 2 nitrogen and oxygen atoms in total. The van der Waals surface area contributed by atoms with E-state index >= 15 is 0 Å². The standard InChI is InChI=1S/C16H18O2/c17-12-16(11-14-7-3-1-4-8-14)18-13-15-9-5-2-6-10-15/h1-10,16-17H,11-13H2/t16-/m0/s1. The molecule has 0 radical (unpaired) electrons. The van der Waals surface area contributed by atoms with Gasteiger partial charge in [-0.05, 0) is 11.1 Å². The largest absolute Gasteiger partial charge is 0.394 e. The van der Waals surface area contributed by atoms with Crippen LogP contribution in [-0.4, -0.2) is 17.8 Å². The first kappa shape index (κ1) is 12.8. The minimum Gasteiger partial charge on any atom is -0.394 e. The molecule has 0 spiro atoms. The van der Waals surface area contributed by atoms with Crippen LogP contribution in [0.25, 0.3) is 0 Å². The number of hydrogen-bond acceptors (Lipinski definition) is 2. The fourth-order valence-electron chi connectivity index (χ4n) is 1.84. The average molecular weight is 242 g/mol. The van der Waals surface area contributed by atoms with Gasteiger partial charge in [0, 0.05) is 6.42 Å². The van der Waals surface area contributed by atoms with E-state index < -0.39 is 0 Å². The molecule has 2 heteroatoms. The molecule has 18 heavy (non-hydrogen) atoms. The second-order valence-electron chi connectivity index (χ2n) is 4.29. The zero-order valence-corrected chi connectivity index (χ0v) is 10.3. The topological polar surface area (TPSA) is 29.5 Å². The molecule has 2 rings (SSSR count). The summed E-state index contributed by atoms with van der Waals surface area (Å²) in [6.45, 7) is 0.584. The van der Waals surface area contributed by atoms with Crippen LogP contribution in [0.2, 0.25) is 0 Å². The molecule has 0 saturated carbocycles. The van der Waals surface area contributed by atoms with E-state index in [1.54, 1.807) is 0 Å². The fraction of sp³-hybridized carbons (Fsp3) is 0.250. The summed E-state index contributed by atoms with van der Waals surface area (Å²) in [5, 5.41) is 9.34. The predicted molar refractivity (Wildman–Crippen MR) is 72.3 cm³/mol. The number of hydrogen-bond donors (Lipinski definition) is 1. The van der Waals surface area contributed by atoms with Gasteiger partial charge >= 0.3 is 0 Å². The molecular weight excluding hydrogens is 224 g/mol. The van der Waals surface area contributed by atoms with E-state index in [-0.39, 0.29) is 12.7 Å². The highest BCUT2D eigenvalue weighted by molar-refractivity contribution is 5.16. The molecule has 0 saturated heterocycles. The van der Waals surface area contributed by atoms with Gasteiger partial charge in [0.15, 0.2) is 0 Å². The summed E-state index contributed by atoms with van der Waals surface area (Å²) in [5.74, 6) is 0. The Kier molecular flexibility index (Phi) is 4.94. The molecule has 1 atom stereocenters. The number of ether oxygens (including phenoxy) is 1. The van der Waals surface area contributed by atoms with Crippen molar-refractivity contribution in [3.05, 3.63) is 71.8 Å². The van der Waals surface area contributed by atoms with Crippen molar-refractivity contribution in [1.82, 2.24) is 0 Å². The summed E-state index contributed by atoms with van der Waals surface area (Å²) in [6.07, 6.45) is 0.595. The molecule has 0 aromatic heterocycles. The summed E-state index contributed by atoms with van der Waals surface area (Å²) in [5.41, 5.74) is 2.31. The quantitative estimate of drug-likeness (QED) is 0.844. The van der Waals surface area contributed by atoms with Gasteiger partial charge in [-0.15, -0.1) is 0 Å². The summed E-state index contributed by atoms with van der Waals surface area (Å²) in [7, 11) is 0. The zero-order valence-electron chi connectivity index (χ0n) is 10.3. The summed E-state index contributed by atoms with van der Waals surface area (Å²) >= 11 is 0. The lowest BCUT2D eigenvalue weighted by Crippen LogP contribution is -2.20. The van der Waals surface area contributed by atoms with E-state index in [2.05, 4.69) is 12.1 Å². The van der Waals surface area contributed by atoms with Crippen LogP contribution in [-0.2, 0) is 17.8 Å². The Morgan fingerprint density at radius 1 is 0.833 bits per heavy atom. The molecule has 94 valence electrons. The number of aliphatic hydroxyl groups is 1. The Bertz CT molecular complexity index is 439. The van der Waals surface area contributed by atoms with E-state index in [4.69, 9.17) is 4.74 Å². The summed E-state index contributed by atoms with van der Waals surface area (Å²) in [4.78, 5) is 0. The van der Waals surface area contributed by atoms with Crippen molar-refractivity contribution in [2.75, 3.05) is 6.61 Å². The smallest absolute Gasteiger partial charge is 0.0850 e. The first-order valence-corrected chi connectivity index (χ1v) is 6.19. The van der Waals surface area contributed by atoms with Crippen LogP contribution in [0.15, 0.2) is 60.7 Å². The lowest BCUT2D eigenvalue weighted by Gasteiger charge is -2.15. The molecule has 0 amide bonds. The molecule has 0 fully saturated rings. The third-order valence-electron chi connectivity index (χ3n) is 2.84. The first-order chi connectivity index (χ1) is 8.88. The fourth-order valence-corrected chi connectivity index (χ4v) is 1.84. The van der Waals surface area contributed by atoms with Crippen molar-refractivity contribution in [3.8, 4) is 0 Å². The second kappa shape index (κ2) is 6.94. The van der Waals surface area contributed by atoms with Crippen LogP contribution in [0.3, 0.4) is 0 Å². The van der Waals surface area contributed by atoms with Crippen molar-refractivity contribution in [1.29, 1.82) is 0 Å². The van der Waals surface area contributed by atoms with Crippen LogP contribution in [0.4, 0.5) is 0 Å². The maximum absolute atomic E-state index is 9.34. The first-order valence-electron chi connectivity index (χ1n) is 6.19. The lowest BCUT2D eigenvalue weighted by atomic mass is 10.1. The van der Waals surface area contributed by atoms with E-state index in [0.717, 1.165) is 12.0 Å². The molecule has 0 aliphatic heterocycles. The molecule has 0 heterocycles. The van der Waals surface area contributed by atoms with Crippen LogP contribution in [0, 0.1) is 0 Å². The maximum atomic E-state index is 9.34. The van der Waals surface area contributed by atoms with Gasteiger partial charge in [-0.1, -0.05) is 60.7 Å². The SMILES string of the molecule is OC[C@H](Cc1ccccc1)OCc1ccccc1. The van der Waals surface area contributed by atoms with Gasteiger partial charge in [0.2, 0.25) is 0 Å². The van der Waals surface area contributed by atoms with E-state index in [0.29, 0.717) is 6.61 Å². The molecular formula is C16H18O2. The van der Waals surface area contributed by atoms with Crippen molar-refractivity contribution in [2.24, 2.45) is 0 Å². The normalized spacial score (nSPS) is 12.3. The maximum Gasteiger partial charge on any atom is 0.0850 e. The number of benzene rings is 2. The highest BCUT2D eigenvalue weighted by Crippen LogP contribution is 2.09. The average Bonchev–Trinajstić information content (AvgIpc) is 2.45. The summed E-state index contributed by atoms with van der Waals surface area (Å²) in [6, 6.07) is 20.1. The Balaban J connectivity index is 1.86. The highest BCUT2D eigenvalue weighted by atomic mass is 16.5. The van der Waals surface area contributed by atoms with Crippen LogP contribution < -0.4 is 0 Å². The van der Waals surface area contributed by atoms with Crippen LogP contribution >= 0.6 is 0 Å². The molecule has 0 bridgehead atoms. The molecule has 1 N–H and O–H groups in total. The molecule has 2 aromatic carbocycles. The van der Waals surface area contributed by atoms with Crippen molar-refractivity contribution >= 4 is 0 Å². The van der Waals surface area contributed by atoms with Gasteiger partial charge in [0.05, 0.1) is 19.3 Å². The van der Waals surface area contributed by atoms with E-state index in [9.17, 15) is 5.11 Å². The summed E-state index contributed by atoms with van der Waals surface area (Å²) < 4.78 is 5.73. The molecule has 0 aliphatic carbocycles. The van der Waals surface area contributed by atoms with Crippen LogP contribution in [0.5, 0.6) is 0 Å². The van der Waals surface area contributed by atoms with Gasteiger partial charge in [-0.3, -0.25) is 0 Å². The van der Waals surface area contributed by atoms with Crippen molar-refractivity contribution in [2.45, 2.75) is 19.1 Å². The third-order valence-corrected chi connectivity index (χ3v) is 2.84. The zero-order chi connectivity index (χ0) is 12.6. The monoisotopic (exact) mass is 242 g/mol. The number of rotatable bonds is 6. The Morgan fingerprint density at radius 3 is 1.94 bits per heavy atom. The van der Waals surface area contributed by atoms with Gasteiger partial charge in [0.25, 0.3) is 0 Å². The third kappa shape index (κ3) is 3.99. The van der Waals surface area contributed by atoms with Gasteiger partial charge in [0.1, 0.15) is 0 Å². The Hall–Kier alpha value is -1.64. The van der Waals surface area contributed by atoms with Gasteiger partial charge in [-0.2, -0.15) is 0 Å². The van der Waals surface area contributed by atoms with Gasteiger partial charge in [-0.25, -0.2) is 0 Å². The van der Waals surface area contributed by atoms with Crippen LogP contribution in [0.1, 0.15) is 11.1 Å². The van der Waals surface area contributed by atoms with Crippen molar-refractivity contribution in [3.63, 3.8) is 0 Å². The van der Waals surface area contributed by atoms with Crippen molar-refractivity contribution < 1.29 is 9.84 Å². The molecule has 2 aromatic rings. The Labute approximate surface area is 108 Å². The van der Waals surface area contributed by atoms with Gasteiger partial charge < -0.3 is 9.84 Å². The van der Waals surface area contributed by atoms with E-state index in [1.807, 2.05) is 48.5 Å². The molecule has 0 aliphatic rings. The number of aliphatic hydroxyl groups excluding tert-OH is 1. The second-order valence-corrected chi connectivity index (χ2v) is 4.29.